The van der Waals surface area contributed by atoms with E-state index in [1.54, 1.807) is 11.0 Å². The van der Waals surface area contributed by atoms with Gasteiger partial charge in [0, 0.05) is 24.8 Å². The van der Waals surface area contributed by atoms with Crippen molar-refractivity contribution in [3.8, 4) is 0 Å². The van der Waals surface area contributed by atoms with Gasteiger partial charge >= 0.3 is 5.69 Å². The Balaban J connectivity index is 1.51. The van der Waals surface area contributed by atoms with Gasteiger partial charge in [-0.3, -0.25) is 24.7 Å². The predicted octanol–water partition coefficient (Wildman–Crippen LogP) is 3.63. The number of hydrogen-bond donors (Lipinski definition) is 1. The summed E-state index contributed by atoms with van der Waals surface area (Å²) in [5, 5.41) is 15.6. The minimum absolute atomic E-state index is 0.109. The molecular formula is C22H20N4O4. The SMILES string of the molecule is O=C(Nc1ccncc1[N+](=O)[O-])C1CCCN(C(=O)c2cccc3ccccc23)C1. The number of piperidine rings is 1. The van der Waals surface area contributed by atoms with Gasteiger partial charge in [-0.15, -0.1) is 0 Å². The summed E-state index contributed by atoms with van der Waals surface area (Å²) >= 11 is 0. The van der Waals surface area contributed by atoms with E-state index in [0.29, 0.717) is 24.9 Å². The number of amides is 2. The summed E-state index contributed by atoms with van der Waals surface area (Å²) in [5.41, 5.74) is 0.460. The Morgan fingerprint density at radius 1 is 1.13 bits per heavy atom. The van der Waals surface area contributed by atoms with Crippen LogP contribution in [-0.2, 0) is 4.79 Å². The van der Waals surface area contributed by atoms with Crippen molar-refractivity contribution in [1.82, 2.24) is 9.88 Å². The van der Waals surface area contributed by atoms with Crippen molar-refractivity contribution in [3.63, 3.8) is 0 Å². The van der Waals surface area contributed by atoms with E-state index in [2.05, 4.69) is 10.3 Å². The largest absolute Gasteiger partial charge is 0.338 e. The molecule has 1 saturated heterocycles. The number of likely N-dealkylation sites (tertiary alicyclic amines) is 1. The van der Waals surface area contributed by atoms with E-state index in [4.69, 9.17) is 0 Å². The van der Waals surface area contributed by atoms with Crippen LogP contribution in [0.3, 0.4) is 0 Å². The van der Waals surface area contributed by atoms with Crippen LogP contribution in [-0.4, -0.2) is 39.7 Å². The standard InChI is InChI=1S/C22H20N4O4/c27-21(24-19-10-11-23-13-20(19)26(29)30)16-7-4-12-25(14-16)22(28)18-9-3-6-15-5-1-2-8-17(15)18/h1-3,5-6,8-11,13,16H,4,7,12,14H2,(H,23,24,27). The summed E-state index contributed by atoms with van der Waals surface area (Å²) in [4.78, 5) is 41.9. The Kier molecular flexibility index (Phi) is 5.38. The molecule has 1 fully saturated rings. The number of carbonyl (C=O) groups is 2. The van der Waals surface area contributed by atoms with Crippen molar-refractivity contribution in [1.29, 1.82) is 0 Å². The number of nitro groups is 1. The van der Waals surface area contributed by atoms with Crippen LogP contribution in [0.25, 0.3) is 10.8 Å². The number of pyridine rings is 1. The Hall–Kier alpha value is -3.81. The van der Waals surface area contributed by atoms with Crippen LogP contribution in [0.5, 0.6) is 0 Å². The molecule has 1 aliphatic heterocycles. The molecule has 0 aliphatic carbocycles. The normalized spacial score (nSPS) is 16.3. The molecule has 30 heavy (non-hydrogen) atoms. The Morgan fingerprint density at radius 2 is 1.93 bits per heavy atom. The highest BCUT2D eigenvalue weighted by Gasteiger charge is 2.30. The van der Waals surface area contributed by atoms with Crippen LogP contribution in [0.2, 0.25) is 0 Å². The van der Waals surface area contributed by atoms with Crippen LogP contribution in [0.15, 0.2) is 60.9 Å². The van der Waals surface area contributed by atoms with Crippen molar-refractivity contribution in [2.75, 3.05) is 18.4 Å². The third-order valence-corrected chi connectivity index (χ3v) is 5.35. The number of nitrogens with zero attached hydrogens (tertiary/aromatic N) is 3. The predicted molar refractivity (Wildman–Crippen MR) is 112 cm³/mol. The Bertz CT molecular complexity index is 1130. The van der Waals surface area contributed by atoms with Crippen LogP contribution < -0.4 is 5.32 Å². The van der Waals surface area contributed by atoms with Crippen molar-refractivity contribution < 1.29 is 14.5 Å². The van der Waals surface area contributed by atoms with Crippen LogP contribution in [0.4, 0.5) is 11.4 Å². The maximum Gasteiger partial charge on any atom is 0.310 e. The molecule has 2 aromatic carbocycles. The second kappa shape index (κ2) is 8.28. The zero-order chi connectivity index (χ0) is 21.1. The molecule has 0 radical (unpaired) electrons. The molecule has 4 rings (SSSR count). The van der Waals surface area contributed by atoms with Gasteiger partial charge in [0.2, 0.25) is 5.91 Å². The zero-order valence-corrected chi connectivity index (χ0v) is 16.2. The third kappa shape index (κ3) is 3.84. The highest BCUT2D eigenvalue weighted by atomic mass is 16.6. The molecule has 0 spiro atoms. The lowest BCUT2D eigenvalue weighted by atomic mass is 9.95. The molecule has 1 unspecified atom stereocenters. The minimum Gasteiger partial charge on any atom is -0.338 e. The number of carbonyl (C=O) groups excluding carboxylic acids is 2. The molecule has 3 aromatic rings. The number of aromatic nitrogens is 1. The average Bonchev–Trinajstić information content (AvgIpc) is 2.78. The lowest BCUT2D eigenvalue weighted by Crippen LogP contribution is -2.43. The summed E-state index contributed by atoms with van der Waals surface area (Å²) in [6, 6.07) is 14.7. The minimum atomic E-state index is -0.584. The number of rotatable bonds is 4. The van der Waals surface area contributed by atoms with Crippen LogP contribution in [0.1, 0.15) is 23.2 Å². The zero-order valence-electron chi connectivity index (χ0n) is 16.2. The molecule has 8 nitrogen and oxygen atoms in total. The van der Waals surface area contributed by atoms with E-state index < -0.39 is 10.8 Å². The lowest BCUT2D eigenvalue weighted by molar-refractivity contribution is -0.384. The molecule has 1 atom stereocenters. The number of hydrogen-bond acceptors (Lipinski definition) is 5. The van der Waals surface area contributed by atoms with E-state index in [9.17, 15) is 19.7 Å². The molecule has 0 bridgehead atoms. The topological polar surface area (TPSA) is 105 Å². The van der Waals surface area contributed by atoms with Gasteiger partial charge in [-0.05, 0) is 35.7 Å². The number of benzene rings is 2. The van der Waals surface area contributed by atoms with Crippen molar-refractivity contribution >= 4 is 34.0 Å². The summed E-state index contributed by atoms with van der Waals surface area (Å²) in [5.74, 6) is -0.885. The number of nitrogens with one attached hydrogen (secondary N) is 1. The van der Waals surface area contributed by atoms with Gasteiger partial charge < -0.3 is 10.2 Å². The smallest absolute Gasteiger partial charge is 0.310 e. The Labute approximate surface area is 172 Å². The number of anilines is 1. The second-order valence-corrected chi connectivity index (χ2v) is 7.26. The summed E-state index contributed by atoms with van der Waals surface area (Å²) in [6.45, 7) is 0.841. The van der Waals surface area contributed by atoms with Gasteiger partial charge in [-0.2, -0.15) is 0 Å². The van der Waals surface area contributed by atoms with Crippen molar-refractivity contribution in [3.05, 3.63) is 76.6 Å². The van der Waals surface area contributed by atoms with Gasteiger partial charge in [-0.1, -0.05) is 36.4 Å². The van der Waals surface area contributed by atoms with E-state index in [1.165, 1.54) is 12.3 Å². The molecule has 2 heterocycles. The molecule has 1 aromatic heterocycles. The van der Waals surface area contributed by atoms with E-state index in [1.807, 2.05) is 36.4 Å². The van der Waals surface area contributed by atoms with Gasteiger partial charge in [0.1, 0.15) is 11.9 Å². The molecular weight excluding hydrogens is 384 g/mol. The maximum atomic E-state index is 13.2. The maximum absolute atomic E-state index is 13.2. The first kappa shape index (κ1) is 19.5. The monoisotopic (exact) mass is 404 g/mol. The highest BCUT2D eigenvalue weighted by Crippen LogP contribution is 2.26. The fourth-order valence-corrected chi connectivity index (χ4v) is 3.83. The van der Waals surface area contributed by atoms with E-state index in [0.717, 1.165) is 17.0 Å². The van der Waals surface area contributed by atoms with Gasteiger partial charge in [0.25, 0.3) is 5.91 Å². The average molecular weight is 404 g/mol. The van der Waals surface area contributed by atoms with Gasteiger partial charge in [0.05, 0.1) is 10.8 Å². The molecule has 1 aliphatic rings. The third-order valence-electron chi connectivity index (χ3n) is 5.35. The van der Waals surface area contributed by atoms with Gasteiger partial charge in [-0.25, -0.2) is 0 Å². The van der Waals surface area contributed by atoms with Gasteiger partial charge in [0.15, 0.2) is 0 Å². The lowest BCUT2D eigenvalue weighted by Gasteiger charge is -2.32. The summed E-state index contributed by atoms with van der Waals surface area (Å²) in [6.07, 6.45) is 3.80. The Morgan fingerprint density at radius 3 is 2.77 bits per heavy atom. The van der Waals surface area contributed by atoms with Crippen LogP contribution in [0, 0.1) is 16.0 Å². The first-order valence-electron chi connectivity index (χ1n) is 9.71. The van der Waals surface area contributed by atoms with E-state index >= 15 is 0 Å². The fraction of sp³-hybridized carbons (Fsp3) is 0.227. The second-order valence-electron chi connectivity index (χ2n) is 7.26. The summed E-state index contributed by atoms with van der Waals surface area (Å²) < 4.78 is 0. The molecule has 2 amide bonds. The van der Waals surface area contributed by atoms with E-state index in [-0.39, 0.29) is 29.7 Å². The molecule has 152 valence electrons. The molecule has 0 saturated carbocycles. The molecule has 8 heteroatoms. The fourth-order valence-electron chi connectivity index (χ4n) is 3.83. The van der Waals surface area contributed by atoms with Crippen molar-refractivity contribution in [2.45, 2.75) is 12.8 Å². The first-order valence-corrected chi connectivity index (χ1v) is 9.71. The van der Waals surface area contributed by atoms with Crippen LogP contribution >= 0.6 is 0 Å². The summed E-state index contributed by atoms with van der Waals surface area (Å²) in [7, 11) is 0. The van der Waals surface area contributed by atoms with Crippen molar-refractivity contribution in [2.24, 2.45) is 5.92 Å². The first-order chi connectivity index (χ1) is 14.5. The number of fused-ring (bicyclic) bond motifs is 1. The quantitative estimate of drug-likeness (QED) is 0.528. The highest BCUT2D eigenvalue weighted by molar-refractivity contribution is 6.07. The molecule has 1 N–H and O–H groups in total.